The van der Waals surface area contributed by atoms with Crippen LogP contribution in [0.1, 0.15) is 194 Å². The van der Waals surface area contributed by atoms with Gasteiger partial charge in [-0.2, -0.15) is 0 Å². The number of carbonyl (C=O) groups excluding carboxylic acids is 2. The van der Waals surface area contributed by atoms with Gasteiger partial charge in [-0.15, -0.1) is 0 Å². The molecule has 9 N–H and O–H groups in total. The molecule has 0 bridgehead atoms. The second-order valence-corrected chi connectivity index (χ2v) is 23.3. The Labute approximate surface area is 432 Å². The number of phosphoric acid groups is 4. The molecule has 73 heavy (non-hydrogen) atoms. The molecule has 0 spiro atoms. The Morgan fingerprint density at radius 3 is 1.23 bits per heavy atom. The van der Waals surface area contributed by atoms with E-state index in [0.717, 1.165) is 89.9 Å². The molecule has 0 aliphatic heterocycles. The summed E-state index contributed by atoms with van der Waals surface area (Å²) in [5.74, 6) is -1.42. The quantitative estimate of drug-likeness (QED) is 0.0118. The minimum atomic E-state index is -5.79. The van der Waals surface area contributed by atoms with Gasteiger partial charge in [-0.05, 0) is 70.6 Å². The van der Waals surface area contributed by atoms with E-state index in [1.165, 1.54) is 57.8 Å². The molecule has 0 amide bonds. The van der Waals surface area contributed by atoms with Crippen molar-refractivity contribution < 1.29 is 104 Å². The predicted octanol–water partition coefficient (Wildman–Crippen LogP) is 9.74. The average molecular weight is 1130 g/mol. The fourth-order valence-corrected chi connectivity index (χ4v) is 10.5. The maximum Gasteiger partial charge on any atom is 0.472 e. The molecule has 1 fully saturated rings. The zero-order valence-corrected chi connectivity index (χ0v) is 46.4. The lowest BCUT2D eigenvalue weighted by atomic mass is 9.85. The molecule has 1 aliphatic carbocycles. The lowest BCUT2D eigenvalue weighted by Gasteiger charge is -2.45. The highest BCUT2D eigenvalue weighted by atomic mass is 31.2. The van der Waals surface area contributed by atoms with Crippen LogP contribution in [-0.2, 0) is 59.9 Å². The Kier molecular flexibility index (Phi) is 37.9. The average Bonchev–Trinajstić information content (AvgIpc) is 3.30. The minimum Gasteiger partial charge on any atom is -0.462 e. The van der Waals surface area contributed by atoms with Gasteiger partial charge in [-0.1, -0.05) is 147 Å². The molecule has 0 aromatic rings. The molecule has 8 atom stereocenters. The van der Waals surface area contributed by atoms with Gasteiger partial charge in [-0.25, -0.2) is 18.3 Å². The number of phosphoric ester groups is 4. The summed E-state index contributed by atoms with van der Waals surface area (Å²) in [4.78, 5) is 93.0. The van der Waals surface area contributed by atoms with Crippen LogP contribution in [0.5, 0.6) is 0 Å². The van der Waals surface area contributed by atoms with E-state index in [1.54, 1.807) is 0 Å². The van der Waals surface area contributed by atoms with Gasteiger partial charge in [0.1, 0.15) is 43.2 Å². The maximum absolute atomic E-state index is 13.3. The van der Waals surface area contributed by atoms with Gasteiger partial charge in [-0.3, -0.25) is 32.2 Å². The van der Waals surface area contributed by atoms with Crippen molar-refractivity contribution in [1.82, 2.24) is 0 Å². The Balaban J connectivity index is 2.86. The van der Waals surface area contributed by atoms with E-state index >= 15 is 0 Å². The summed E-state index contributed by atoms with van der Waals surface area (Å²) in [6.45, 7) is 2.73. The summed E-state index contributed by atoms with van der Waals surface area (Å²) in [7, 11) is -23.0. The smallest absolute Gasteiger partial charge is 0.462 e. The van der Waals surface area contributed by atoms with E-state index in [4.69, 9.17) is 18.5 Å². The summed E-state index contributed by atoms with van der Waals surface area (Å²) in [5.41, 5.74) is 0. The van der Waals surface area contributed by atoms with E-state index < -0.39 is 99.2 Å². The number of rotatable bonds is 45. The van der Waals surface area contributed by atoms with Gasteiger partial charge in [0.25, 0.3) is 0 Å². The van der Waals surface area contributed by atoms with Gasteiger partial charge < -0.3 is 53.9 Å². The highest BCUT2D eigenvalue weighted by Crippen LogP contribution is 2.53. The van der Waals surface area contributed by atoms with E-state index in [1.807, 2.05) is 0 Å². The molecule has 22 nitrogen and oxygen atoms in total. The van der Waals surface area contributed by atoms with E-state index in [2.05, 4.69) is 63.9 Å². The third-order valence-corrected chi connectivity index (χ3v) is 14.2. The fourth-order valence-electron chi connectivity index (χ4n) is 7.87. The second kappa shape index (κ2) is 39.8. The first-order valence-electron chi connectivity index (χ1n) is 26.0. The number of allylic oxidation sites excluding steroid dienone is 6. The molecule has 1 aliphatic rings. The number of hydrogen-bond donors (Lipinski definition) is 9. The van der Waals surface area contributed by atoms with Crippen molar-refractivity contribution in [1.29, 1.82) is 0 Å². The van der Waals surface area contributed by atoms with Crippen LogP contribution in [0.3, 0.4) is 0 Å². The van der Waals surface area contributed by atoms with Gasteiger partial charge in [0.15, 0.2) is 6.10 Å². The standard InChI is InChI=1S/C47H88O22P4/c1-3-5-7-9-11-13-15-17-19-20-22-24-26-28-30-32-34-36-41(49)65-39(37-63-40(48)35-33-31-29-27-25-23-21-18-16-14-12-10-8-6-4-2)38-64-73(61,62)69-44-42(50)45(66-70(52,53)54)47(68-72(58,59)60)46(43(44)51)67-71(55,56)57/h12,14,17-19,21,39,42-47,50-51H,3-11,13,15-16,20,22-38H2,1-2H3,(H,61,62)(H2,52,53,54)(H2,55,56,57)(H2,58,59,60)/b14-12-,19-17-,21-18-/t39-,42?,43?,44?,45+,46?,47?/m1/s1. The Bertz CT molecular complexity index is 1730. The highest BCUT2D eigenvalue weighted by Gasteiger charge is 2.59. The molecule has 0 saturated heterocycles. The fraction of sp³-hybridized carbons (Fsp3) is 0.830. The topological polar surface area (TPSA) is 349 Å². The Morgan fingerprint density at radius 1 is 0.438 bits per heavy atom. The number of aliphatic hydroxyl groups is 2. The summed E-state index contributed by atoms with van der Waals surface area (Å²) < 4.78 is 82.3. The largest absolute Gasteiger partial charge is 0.472 e. The number of ether oxygens (including phenoxy) is 2. The molecule has 6 unspecified atom stereocenters. The third kappa shape index (κ3) is 37.9. The van der Waals surface area contributed by atoms with Crippen LogP contribution in [0.2, 0.25) is 0 Å². The second-order valence-electron chi connectivity index (χ2n) is 18.3. The van der Waals surface area contributed by atoms with Crippen molar-refractivity contribution in [3.8, 4) is 0 Å². The van der Waals surface area contributed by atoms with Crippen molar-refractivity contribution in [2.45, 2.75) is 236 Å². The Hall–Kier alpha value is -1.48. The predicted molar refractivity (Wildman–Crippen MR) is 272 cm³/mol. The zero-order chi connectivity index (χ0) is 54.6. The number of carbonyl (C=O) groups is 2. The molecule has 1 saturated carbocycles. The first-order chi connectivity index (χ1) is 34.5. The number of esters is 2. The molecule has 0 heterocycles. The minimum absolute atomic E-state index is 0.0173. The summed E-state index contributed by atoms with van der Waals surface area (Å²) in [6, 6.07) is 0. The molecular weight excluding hydrogens is 1040 g/mol. The normalized spacial score (nSPS) is 21.3. The highest BCUT2D eigenvalue weighted by molar-refractivity contribution is 7.47. The van der Waals surface area contributed by atoms with Crippen LogP contribution in [0.4, 0.5) is 0 Å². The van der Waals surface area contributed by atoms with Gasteiger partial charge in [0.05, 0.1) is 6.61 Å². The van der Waals surface area contributed by atoms with E-state index in [0.29, 0.717) is 19.3 Å². The van der Waals surface area contributed by atoms with Crippen LogP contribution < -0.4 is 0 Å². The van der Waals surface area contributed by atoms with Gasteiger partial charge in [0.2, 0.25) is 0 Å². The first-order valence-corrected chi connectivity index (χ1v) is 32.1. The van der Waals surface area contributed by atoms with Crippen molar-refractivity contribution >= 4 is 43.2 Å². The lowest BCUT2D eigenvalue weighted by Crippen LogP contribution is -2.65. The molecular formula is C47H88O22P4. The SMILES string of the molecule is CCCCC/C=C\C/C=C\CCCCCCCC(=O)OC[C@H](COP(=O)(O)OC1C(O)C(OP(=O)(O)O)C(OP(=O)(O)O)[C@@H](OP(=O)(O)O)C1O)OC(=O)CCCCCCCCC/C=C\CCCCCCCC. The zero-order valence-electron chi connectivity index (χ0n) is 42.8. The van der Waals surface area contributed by atoms with Crippen molar-refractivity contribution in [2.24, 2.45) is 0 Å². The van der Waals surface area contributed by atoms with E-state index in [9.17, 15) is 72.3 Å². The maximum atomic E-state index is 13.3. The first kappa shape index (κ1) is 69.5. The number of unbranched alkanes of at least 4 members (excludes halogenated alkanes) is 21. The van der Waals surface area contributed by atoms with Crippen LogP contribution in [0.25, 0.3) is 0 Å². The van der Waals surface area contributed by atoms with Crippen LogP contribution in [0, 0.1) is 0 Å². The molecule has 428 valence electrons. The van der Waals surface area contributed by atoms with Crippen molar-refractivity contribution in [3.63, 3.8) is 0 Å². The van der Waals surface area contributed by atoms with Gasteiger partial charge >= 0.3 is 43.2 Å². The molecule has 0 aromatic carbocycles. The summed E-state index contributed by atoms with van der Waals surface area (Å²) >= 11 is 0. The van der Waals surface area contributed by atoms with Crippen LogP contribution in [0.15, 0.2) is 36.5 Å². The van der Waals surface area contributed by atoms with Crippen molar-refractivity contribution in [2.75, 3.05) is 13.2 Å². The number of aliphatic hydroxyl groups excluding tert-OH is 2. The molecule has 1 rings (SSSR count). The summed E-state index contributed by atoms with van der Waals surface area (Å²) in [5, 5.41) is 21.9. The monoisotopic (exact) mass is 1130 g/mol. The van der Waals surface area contributed by atoms with Crippen molar-refractivity contribution in [3.05, 3.63) is 36.5 Å². The van der Waals surface area contributed by atoms with E-state index in [-0.39, 0.29) is 12.8 Å². The summed E-state index contributed by atoms with van der Waals surface area (Å²) in [6.07, 6.45) is 21.9. The Morgan fingerprint density at radius 2 is 0.795 bits per heavy atom. The lowest BCUT2D eigenvalue weighted by molar-refractivity contribution is -0.209. The van der Waals surface area contributed by atoms with Crippen LogP contribution >= 0.6 is 31.3 Å². The van der Waals surface area contributed by atoms with Crippen LogP contribution in [-0.4, -0.2) is 112 Å². The number of hydrogen-bond acceptors (Lipinski definition) is 15. The molecule has 26 heteroatoms. The molecule has 0 aromatic heterocycles. The third-order valence-electron chi connectivity index (χ3n) is 11.7. The van der Waals surface area contributed by atoms with Gasteiger partial charge in [0, 0.05) is 12.8 Å². The molecule has 0 radical (unpaired) electrons.